The van der Waals surface area contributed by atoms with E-state index in [0.29, 0.717) is 12.1 Å². The molecule has 35 heavy (non-hydrogen) atoms. The molecule has 8 nitrogen and oxygen atoms in total. The Kier molecular flexibility index (Phi) is 6.86. The average molecular weight is 483 g/mol. The molecule has 1 aliphatic carbocycles. The van der Waals surface area contributed by atoms with Crippen LogP contribution < -0.4 is 10.6 Å². The number of carbonyl (C=O) groups excluding carboxylic acids is 3. The zero-order valence-electron chi connectivity index (χ0n) is 20.9. The van der Waals surface area contributed by atoms with Gasteiger partial charge in [-0.15, -0.1) is 0 Å². The summed E-state index contributed by atoms with van der Waals surface area (Å²) in [6.45, 7) is 6.35. The minimum absolute atomic E-state index is 0.0172. The summed E-state index contributed by atoms with van der Waals surface area (Å²) < 4.78 is 5.75. The van der Waals surface area contributed by atoms with E-state index in [0.717, 1.165) is 63.1 Å². The van der Waals surface area contributed by atoms with E-state index >= 15 is 0 Å². The van der Waals surface area contributed by atoms with Crippen LogP contribution >= 0.6 is 0 Å². The van der Waals surface area contributed by atoms with Gasteiger partial charge in [-0.3, -0.25) is 14.4 Å². The number of likely N-dealkylation sites (tertiary alicyclic amines) is 1. The third-order valence-corrected chi connectivity index (χ3v) is 8.61. The van der Waals surface area contributed by atoms with Crippen molar-refractivity contribution in [2.75, 3.05) is 51.3 Å². The van der Waals surface area contributed by atoms with Gasteiger partial charge in [0.1, 0.15) is 12.6 Å². The first kappa shape index (κ1) is 24.3. The zero-order chi connectivity index (χ0) is 24.7. The van der Waals surface area contributed by atoms with Gasteiger partial charge in [-0.2, -0.15) is 0 Å². The Bertz CT molecular complexity index is 983. The number of Topliss-reactive ketones (excluding diaryl/α,β-unsaturated/α-hetero) is 1. The molecular weight excluding hydrogens is 444 g/mol. The number of nitrogens with zero attached hydrogens (tertiary/aromatic N) is 3. The van der Waals surface area contributed by atoms with Gasteiger partial charge in [-0.05, 0) is 49.6 Å². The van der Waals surface area contributed by atoms with Crippen LogP contribution in [0.3, 0.4) is 0 Å². The molecule has 1 aromatic rings. The van der Waals surface area contributed by atoms with Crippen LogP contribution in [0.1, 0.15) is 60.9 Å². The molecule has 190 valence electrons. The molecule has 2 amide bonds. The number of ketones is 1. The number of hydrogen-bond donors (Lipinski definition) is 1. The van der Waals surface area contributed by atoms with Crippen molar-refractivity contribution < 1.29 is 19.1 Å². The Labute approximate surface area is 207 Å². The lowest BCUT2D eigenvalue weighted by molar-refractivity contribution is -0.139. The Balaban J connectivity index is 1.54. The molecule has 0 spiro atoms. The number of likely N-dealkylation sites (N-methyl/N-ethyl adjacent to an activating group) is 1. The monoisotopic (exact) mass is 482 g/mol. The molecule has 2 N–H and O–H groups in total. The Morgan fingerprint density at radius 3 is 2.49 bits per heavy atom. The molecule has 0 radical (unpaired) electrons. The van der Waals surface area contributed by atoms with Crippen molar-refractivity contribution in [1.29, 1.82) is 0 Å². The van der Waals surface area contributed by atoms with E-state index in [1.54, 1.807) is 11.0 Å². The molecule has 3 aliphatic heterocycles. The second-order valence-electron chi connectivity index (χ2n) is 11.0. The molecule has 0 aromatic heterocycles. The quantitative estimate of drug-likeness (QED) is 0.690. The number of anilines is 1. The van der Waals surface area contributed by atoms with Crippen molar-refractivity contribution in [3.8, 4) is 0 Å². The molecule has 3 heterocycles. The summed E-state index contributed by atoms with van der Waals surface area (Å²) >= 11 is 0. The maximum Gasteiger partial charge on any atom is 0.249 e. The van der Waals surface area contributed by atoms with Crippen molar-refractivity contribution in [2.45, 2.75) is 57.1 Å². The van der Waals surface area contributed by atoms with Crippen LogP contribution in [0.25, 0.3) is 0 Å². The number of fused-ring (bicyclic) bond motifs is 1. The topological polar surface area (TPSA) is 96.2 Å². The summed E-state index contributed by atoms with van der Waals surface area (Å²) in [5.74, 6) is -0.820. The van der Waals surface area contributed by atoms with E-state index in [2.05, 4.69) is 16.8 Å². The number of primary amides is 1. The molecule has 8 heteroatoms. The highest BCUT2D eigenvalue weighted by atomic mass is 16.5. The lowest BCUT2D eigenvalue weighted by Gasteiger charge is -2.37. The summed E-state index contributed by atoms with van der Waals surface area (Å²) in [6.07, 6.45) is 4.96. The minimum Gasteiger partial charge on any atom is -0.369 e. The van der Waals surface area contributed by atoms with Crippen LogP contribution in [-0.2, 0) is 14.3 Å². The highest BCUT2D eigenvalue weighted by molar-refractivity contribution is 5.99. The van der Waals surface area contributed by atoms with Gasteiger partial charge in [0.2, 0.25) is 11.8 Å². The number of carbonyl (C=O) groups is 3. The van der Waals surface area contributed by atoms with E-state index in [1.807, 2.05) is 19.1 Å². The van der Waals surface area contributed by atoms with Crippen molar-refractivity contribution in [1.82, 2.24) is 9.80 Å². The van der Waals surface area contributed by atoms with Crippen LogP contribution in [0.15, 0.2) is 18.2 Å². The molecule has 0 unspecified atom stereocenters. The maximum absolute atomic E-state index is 14.3. The molecule has 1 aromatic carbocycles. The zero-order valence-corrected chi connectivity index (χ0v) is 20.9. The highest BCUT2D eigenvalue weighted by Crippen LogP contribution is 2.42. The number of rotatable bonds is 5. The van der Waals surface area contributed by atoms with E-state index in [-0.39, 0.29) is 36.2 Å². The number of nitrogens with two attached hydrogens (primary N) is 1. The summed E-state index contributed by atoms with van der Waals surface area (Å²) in [5.41, 5.74) is 8.03. The van der Waals surface area contributed by atoms with Crippen molar-refractivity contribution >= 4 is 23.3 Å². The summed E-state index contributed by atoms with van der Waals surface area (Å²) in [6, 6.07) is 5.28. The van der Waals surface area contributed by atoms with Crippen LogP contribution in [0, 0.1) is 11.8 Å². The lowest BCUT2D eigenvalue weighted by atomic mass is 9.74. The van der Waals surface area contributed by atoms with Gasteiger partial charge in [0, 0.05) is 49.9 Å². The third-order valence-electron chi connectivity index (χ3n) is 8.61. The highest BCUT2D eigenvalue weighted by Gasteiger charge is 2.52. The fourth-order valence-electron chi connectivity index (χ4n) is 6.65. The first-order valence-electron chi connectivity index (χ1n) is 13.2. The SMILES string of the molecule is C[C@@H]1CN(C(=O)[C@H](c2cc(N3CCN(C)CC3)ccc2C(N)=O)C2CCCCC2)[C@@H]2C(=O)CO[C@H]12. The van der Waals surface area contributed by atoms with Gasteiger partial charge in [0.05, 0.1) is 12.0 Å². The Morgan fingerprint density at radius 1 is 1.09 bits per heavy atom. The predicted molar refractivity (Wildman–Crippen MR) is 133 cm³/mol. The standard InChI is InChI=1S/C27H38N4O4/c1-17-15-31(24-22(32)16-35-25(17)24)27(34)23(18-6-4-3-5-7-18)21-14-19(8-9-20(21)26(28)33)30-12-10-29(2)11-13-30/h8-9,14,17-18,23-25H,3-7,10-13,15-16H2,1-2H3,(H2,28,33)/t17-,23+,24-,25-/m1/s1. The first-order valence-corrected chi connectivity index (χ1v) is 13.2. The fraction of sp³-hybridized carbons (Fsp3) is 0.667. The molecule has 0 bridgehead atoms. The fourth-order valence-corrected chi connectivity index (χ4v) is 6.65. The number of piperazine rings is 1. The molecule has 4 atom stereocenters. The van der Waals surface area contributed by atoms with Gasteiger partial charge in [-0.1, -0.05) is 26.2 Å². The number of hydrogen-bond acceptors (Lipinski definition) is 6. The molecule has 4 aliphatic rings. The summed E-state index contributed by atoms with van der Waals surface area (Å²) in [4.78, 5) is 46.0. The van der Waals surface area contributed by atoms with Gasteiger partial charge in [0.15, 0.2) is 5.78 Å². The van der Waals surface area contributed by atoms with Gasteiger partial charge in [-0.25, -0.2) is 0 Å². The maximum atomic E-state index is 14.3. The Morgan fingerprint density at radius 2 is 1.80 bits per heavy atom. The van der Waals surface area contributed by atoms with Crippen molar-refractivity contribution in [3.05, 3.63) is 29.3 Å². The van der Waals surface area contributed by atoms with Crippen molar-refractivity contribution in [2.24, 2.45) is 17.6 Å². The van der Waals surface area contributed by atoms with Crippen LogP contribution in [0.4, 0.5) is 5.69 Å². The van der Waals surface area contributed by atoms with E-state index in [1.165, 1.54) is 6.42 Å². The molecule has 3 saturated heterocycles. The van der Waals surface area contributed by atoms with Crippen LogP contribution in [-0.4, -0.2) is 85.9 Å². The van der Waals surface area contributed by atoms with Crippen LogP contribution in [0.5, 0.6) is 0 Å². The van der Waals surface area contributed by atoms with Crippen molar-refractivity contribution in [3.63, 3.8) is 0 Å². The number of benzene rings is 1. The molecular formula is C27H38N4O4. The van der Waals surface area contributed by atoms with E-state index < -0.39 is 17.9 Å². The second kappa shape index (κ2) is 9.90. The normalized spacial score (nSPS) is 28.9. The lowest BCUT2D eigenvalue weighted by Crippen LogP contribution is -2.46. The predicted octanol–water partition coefficient (Wildman–Crippen LogP) is 2.02. The smallest absolute Gasteiger partial charge is 0.249 e. The largest absolute Gasteiger partial charge is 0.369 e. The van der Waals surface area contributed by atoms with Gasteiger partial charge in [0.25, 0.3) is 0 Å². The Hall–Kier alpha value is -2.45. The summed E-state index contributed by atoms with van der Waals surface area (Å²) in [7, 11) is 2.12. The summed E-state index contributed by atoms with van der Waals surface area (Å²) in [5, 5.41) is 0. The number of ether oxygens (including phenoxy) is 1. The van der Waals surface area contributed by atoms with E-state index in [9.17, 15) is 14.4 Å². The molecule has 4 fully saturated rings. The van der Waals surface area contributed by atoms with Crippen LogP contribution in [0.2, 0.25) is 0 Å². The molecule has 5 rings (SSSR count). The first-order chi connectivity index (χ1) is 16.8. The second-order valence-corrected chi connectivity index (χ2v) is 11.0. The van der Waals surface area contributed by atoms with E-state index in [4.69, 9.17) is 10.5 Å². The average Bonchev–Trinajstić information content (AvgIpc) is 3.40. The number of amides is 2. The van der Waals surface area contributed by atoms with Gasteiger partial charge >= 0.3 is 0 Å². The molecule has 1 saturated carbocycles. The van der Waals surface area contributed by atoms with Gasteiger partial charge < -0.3 is 25.2 Å². The minimum atomic E-state index is -0.513. The third kappa shape index (κ3) is 4.58.